The fraction of sp³-hybridized carbons (Fsp3) is 0.500. The van der Waals surface area contributed by atoms with Crippen molar-refractivity contribution >= 4 is 15.9 Å². The zero-order valence-electron chi connectivity index (χ0n) is 13.5. The first-order valence-corrected chi connectivity index (χ1v) is 9.03. The molecule has 24 heavy (non-hydrogen) atoms. The Morgan fingerprint density at radius 1 is 1.38 bits per heavy atom. The number of aryl methyl sites for hydroxylation is 2. The lowest BCUT2D eigenvalue weighted by Crippen LogP contribution is -2.46. The van der Waals surface area contributed by atoms with Crippen LogP contribution in [0.5, 0.6) is 0 Å². The van der Waals surface area contributed by atoms with E-state index in [0.29, 0.717) is 31.6 Å². The number of amides is 1. The van der Waals surface area contributed by atoms with Gasteiger partial charge in [0.25, 0.3) is 5.91 Å². The van der Waals surface area contributed by atoms with Crippen molar-refractivity contribution in [2.75, 3.05) is 13.1 Å². The van der Waals surface area contributed by atoms with Gasteiger partial charge in [0.2, 0.25) is 15.8 Å². The Labute approximate surface area is 139 Å². The molecule has 3 rings (SSSR count). The van der Waals surface area contributed by atoms with Crippen LogP contribution < -0.4 is 5.32 Å². The van der Waals surface area contributed by atoms with Crippen LogP contribution in [0.2, 0.25) is 0 Å². The third-order valence-corrected chi connectivity index (χ3v) is 5.81. The van der Waals surface area contributed by atoms with Crippen LogP contribution in [-0.2, 0) is 17.1 Å². The van der Waals surface area contributed by atoms with Gasteiger partial charge in [-0.3, -0.25) is 9.48 Å². The average Bonchev–Trinajstić information content (AvgIpc) is 3.17. The summed E-state index contributed by atoms with van der Waals surface area (Å²) in [6.07, 6.45) is 3.90. The van der Waals surface area contributed by atoms with Crippen LogP contribution in [0.1, 0.15) is 29.1 Å². The van der Waals surface area contributed by atoms with Crippen LogP contribution in [0, 0.1) is 6.92 Å². The zero-order chi connectivity index (χ0) is 17.3. The molecule has 0 unspecified atom stereocenters. The lowest BCUT2D eigenvalue weighted by molar-refractivity contribution is 0.0886. The van der Waals surface area contributed by atoms with Gasteiger partial charge >= 0.3 is 0 Å². The maximum Gasteiger partial charge on any atom is 0.290 e. The second-order valence-corrected chi connectivity index (χ2v) is 7.77. The molecule has 1 amide bonds. The van der Waals surface area contributed by atoms with E-state index in [-0.39, 0.29) is 22.6 Å². The first kappa shape index (κ1) is 16.7. The maximum atomic E-state index is 12.5. The molecule has 2 aromatic rings. The van der Waals surface area contributed by atoms with Crippen molar-refractivity contribution in [3.05, 3.63) is 29.9 Å². The molecule has 0 atom stereocenters. The lowest BCUT2D eigenvalue weighted by atomic mass is 10.1. The van der Waals surface area contributed by atoms with E-state index in [1.807, 2.05) is 0 Å². The molecule has 3 heterocycles. The van der Waals surface area contributed by atoms with Crippen LogP contribution >= 0.6 is 0 Å². The largest absolute Gasteiger partial charge is 0.351 e. The zero-order valence-corrected chi connectivity index (χ0v) is 14.3. The summed E-state index contributed by atoms with van der Waals surface area (Å²) in [6.45, 7) is 2.43. The Morgan fingerprint density at radius 3 is 2.62 bits per heavy atom. The maximum absolute atomic E-state index is 12.5. The molecular weight excluding hydrogens is 334 g/mol. The number of aromatic nitrogens is 3. The molecule has 1 fully saturated rings. The van der Waals surface area contributed by atoms with E-state index in [9.17, 15) is 13.2 Å². The summed E-state index contributed by atoms with van der Waals surface area (Å²) in [5, 5.41) is 10.4. The highest BCUT2D eigenvalue weighted by molar-refractivity contribution is 7.89. The summed E-state index contributed by atoms with van der Waals surface area (Å²) in [7, 11) is -1.86. The van der Waals surface area contributed by atoms with Gasteiger partial charge < -0.3 is 9.84 Å². The molecule has 0 radical (unpaired) electrons. The van der Waals surface area contributed by atoms with Gasteiger partial charge in [-0.2, -0.15) is 9.40 Å². The number of carbonyl (C=O) groups excluding carboxylic acids is 1. The minimum atomic E-state index is -3.53. The highest BCUT2D eigenvalue weighted by atomic mass is 32.2. The quantitative estimate of drug-likeness (QED) is 0.846. The monoisotopic (exact) mass is 353 g/mol. The van der Waals surface area contributed by atoms with Crippen molar-refractivity contribution in [1.82, 2.24) is 24.6 Å². The number of nitrogens with one attached hydrogen (secondary N) is 1. The van der Waals surface area contributed by atoms with E-state index < -0.39 is 10.0 Å². The molecule has 0 spiro atoms. The van der Waals surface area contributed by atoms with Crippen molar-refractivity contribution in [2.24, 2.45) is 7.05 Å². The summed E-state index contributed by atoms with van der Waals surface area (Å²) in [4.78, 5) is 12.2. The van der Waals surface area contributed by atoms with Gasteiger partial charge in [0.05, 0.1) is 11.9 Å². The summed E-state index contributed by atoms with van der Waals surface area (Å²) in [6, 6.07) is 1.47. The predicted molar refractivity (Wildman–Crippen MR) is 83.7 cm³/mol. The molecular formula is C14H19N5O4S. The highest BCUT2D eigenvalue weighted by Crippen LogP contribution is 2.20. The number of hydrogen-bond acceptors (Lipinski definition) is 6. The minimum Gasteiger partial charge on any atom is -0.351 e. The van der Waals surface area contributed by atoms with Gasteiger partial charge in [-0.15, -0.1) is 0 Å². The minimum absolute atomic E-state index is 0.0942. The number of hydrogen-bond donors (Lipinski definition) is 1. The molecule has 1 aliphatic rings. The Hall–Kier alpha value is -2.20. The van der Waals surface area contributed by atoms with Gasteiger partial charge in [-0.05, 0) is 19.8 Å². The van der Waals surface area contributed by atoms with Crippen molar-refractivity contribution in [3.8, 4) is 0 Å². The lowest BCUT2D eigenvalue weighted by Gasteiger charge is -2.31. The first-order chi connectivity index (χ1) is 11.4. The molecule has 0 aromatic carbocycles. The van der Waals surface area contributed by atoms with Crippen molar-refractivity contribution in [3.63, 3.8) is 0 Å². The molecule has 1 aliphatic heterocycles. The molecule has 2 aromatic heterocycles. The molecule has 10 heteroatoms. The number of sulfonamides is 1. The van der Waals surface area contributed by atoms with E-state index in [1.54, 1.807) is 20.0 Å². The van der Waals surface area contributed by atoms with Gasteiger partial charge in [0.15, 0.2) is 0 Å². The van der Waals surface area contributed by atoms with E-state index in [1.165, 1.54) is 21.4 Å². The SMILES string of the molecule is Cc1cc(C(=O)NC2CCN(S(=O)(=O)c3cnn(C)c3)CC2)on1. The molecule has 0 bridgehead atoms. The standard InChI is InChI=1S/C14H19N5O4S/c1-10-7-13(23-17-10)14(20)16-11-3-5-19(6-4-11)24(21,22)12-8-15-18(2)9-12/h7-9,11H,3-6H2,1-2H3,(H,16,20). The Bertz CT molecular complexity index is 833. The Morgan fingerprint density at radius 2 is 2.08 bits per heavy atom. The second-order valence-electron chi connectivity index (χ2n) is 5.83. The van der Waals surface area contributed by atoms with E-state index in [2.05, 4.69) is 15.6 Å². The van der Waals surface area contributed by atoms with Crippen LogP contribution in [0.15, 0.2) is 27.9 Å². The normalized spacial score (nSPS) is 17.1. The summed E-state index contributed by atoms with van der Waals surface area (Å²) in [5.74, 6) is -0.165. The van der Waals surface area contributed by atoms with Gasteiger partial charge in [-0.25, -0.2) is 8.42 Å². The molecule has 0 aliphatic carbocycles. The molecule has 0 saturated carbocycles. The first-order valence-electron chi connectivity index (χ1n) is 7.59. The fourth-order valence-corrected chi connectivity index (χ4v) is 4.10. The number of piperidine rings is 1. The van der Waals surface area contributed by atoms with Gasteiger partial charge in [-0.1, -0.05) is 5.16 Å². The third-order valence-electron chi connectivity index (χ3n) is 3.96. The van der Waals surface area contributed by atoms with Crippen molar-refractivity contribution in [2.45, 2.75) is 30.7 Å². The van der Waals surface area contributed by atoms with Gasteiger partial charge in [0, 0.05) is 38.4 Å². The number of rotatable bonds is 4. The topological polar surface area (TPSA) is 110 Å². The van der Waals surface area contributed by atoms with Crippen molar-refractivity contribution < 1.29 is 17.7 Å². The molecule has 1 N–H and O–H groups in total. The number of carbonyl (C=O) groups is 1. The second kappa shape index (κ2) is 6.36. The highest BCUT2D eigenvalue weighted by Gasteiger charge is 2.31. The molecule has 9 nitrogen and oxygen atoms in total. The average molecular weight is 353 g/mol. The summed E-state index contributed by atoms with van der Waals surface area (Å²) < 4.78 is 32.8. The van der Waals surface area contributed by atoms with E-state index >= 15 is 0 Å². The summed E-state index contributed by atoms with van der Waals surface area (Å²) in [5.41, 5.74) is 0.637. The molecule has 130 valence electrons. The fourth-order valence-electron chi connectivity index (χ4n) is 2.65. The third kappa shape index (κ3) is 3.34. The van der Waals surface area contributed by atoms with Crippen LogP contribution in [0.4, 0.5) is 0 Å². The van der Waals surface area contributed by atoms with Gasteiger partial charge in [0.1, 0.15) is 4.90 Å². The van der Waals surface area contributed by atoms with Crippen LogP contribution in [-0.4, -0.2) is 52.7 Å². The van der Waals surface area contributed by atoms with Crippen LogP contribution in [0.25, 0.3) is 0 Å². The Balaban J connectivity index is 1.59. The van der Waals surface area contributed by atoms with E-state index in [4.69, 9.17) is 4.52 Å². The molecule has 1 saturated heterocycles. The van der Waals surface area contributed by atoms with Crippen molar-refractivity contribution in [1.29, 1.82) is 0 Å². The Kier molecular flexibility index (Phi) is 4.41. The summed E-state index contributed by atoms with van der Waals surface area (Å²) >= 11 is 0. The van der Waals surface area contributed by atoms with Crippen LogP contribution in [0.3, 0.4) is 0 Å². The van der Waals surface area contributed by atoms with E-state index in [0.717, 1.165) is 0 Å². The smallest absolute Gasteiger partial charge is 0.290 e. The predicted octanol–water partition coefficient (Wildman–Crippen LogP) is 0.300. The number of nitrogens with zero attached hydrogens (tertiary/aromatic N) is 4.